The number of H-pyrrole nitrogens is 1. The Morgan fingerprint density at radius 2 is 1.81 bits per heavy atom. The number of ketones is 1. The van der Waals surface area contributed by atoms with E-state index in [0.717, 1.165) is 10.4 Å². The third-order valence-electron chi connectivity index (χ3n) is 4.38. The van der Waals surface area contributed by atoms with E-state index in [4.69, 9.17) is 27.9 Å². The van der Waals surface area contributed by atoms with E-state index in [-0.39, 0.29) is 22.0 Å². The molecule has 0 atom stereocenters. The molecule has 0 saturated heterocycles. The fraction of sp³-hybridized carbons (Fsp3) is 0.0909. The number of carbonyl (C=O) groups is 2. The van der Waals surface area contributed by atoms with Crippen LogP contribution in [0, 0.1) is 0 Å². The molecular formula is C22H18Cl2N2O5S. The minimum atomic E-state index is -4.18. The molecule has 0 aliphatic carbocycles. The third-order valence-corrected chi connectivity index (χ3v) is 6.90. The first-order valence-electron chi connectivity index (χ1n) is 9.26. The molecule has 3 aromatic rings. The minimum absolute atomic E-state index is 0.0420. The molecular weight excluding hydrogens is 475 g/mol. The van der Waals surface area contributed by atoms with E-state index in [1.54, 1.807) is 42.6 Å². The topological polar surface area (TPSA) is 96.5 Å². The fourth-order valence-corrected chi connectivity index (χ4v) is 4.87. The maximum Gasteiger partial charge on any atom is 0.338 e. The van der Waals surface area contributed by atoms with Crippen LogP contribution in [0.3, 0.4) is 0 Å². The molecule has 3 rings (SSSR count). The van der Waals surface area contributed by atoms with E-state index in [9.17, 15) is 18.0 Å². The first-order valence-corrected chi connectivity index (χ1v) is 11.5. The van der Waals surface area contributed by atoms with Crippen LogP contribution < -0.4 is 4.31 Å². The number of aromatic nitrogens is 1. The average Bonchev–Trinajstić information content (AvgIpc) is 3.31. The molecule has 0 saturated carbocycles. The lowest BCUT2D eigenvalue weighted by Gasteiger charge is -2.24. The molecule has 0 spiro atoms. The van der Waals surface area contributed by atoms with Crippen LogP contribution in [0.25, 0.3) is 0 Å². The Morgan fingerprint density at radius 3 is 2.44 bits per heavy atom. The zero-order valence-electron chi connectivity index (χ0n) is 16.6. The van der Waals surface area contributed by atoms with Crippen molar-refractivity contribution >= 4 is 50.7 Å². The lowest BCUT2D eigenvalue weighted by Crippen LogP contribution is -2.31. The molecule has 32 heavy (non-hydrogen) atoms. The van der Waals surface area contributed by atoms with Gasteiger partial charge in [0, 0.05) is 11.2 Å². The van der Waals surface area contributed by atoms with Gasteiger partial charge in [-0.3, -0.25) is 9.10 Å². The highest BCUT2D eigenvalue weighted by atomic mass is 35.5. The number of rotatable bonds is 9. The Morgan fingerprint density at radius 1 is 1.09 bits per heavy atom. The number of halogens is 2. The molecule has 0 radical (unpaired) electrons. The van der Waals surface area contributed by atoms with E-state index in [2.05, 4.69) is 11.6 Å². The summed E-state index contributed by atoms with van der Waals surface area (Å²) in [5.74, 6) is -1.29. The normalized spacial score (nSPS) is 11.1. The summed E-state index contributed by atoms with van der Waals surface area (Å²) in [6.07, 6.45) is 2.99. The van der Waals surface area contributed by atoms with Crippen LogP contribution in [0.1, 0.15) is 20.8 Å². The number of benzene rings is 2. The predicted molar refractivity (Wildman–Crippen MR) is 123 cm³/mol. The number of anilines is 1. The van der Waals surface area contributed by atoms with Crippen molar-refractivity contribution in [2.45, 2.75) is 4.90 Å². The first kappa shape index (κ1) is 23.6. The van der Waals surface area contributed by atoms with Gasteiger partial charge in [0.05, 0.1) is 28.5 Å². The average molecular weight is 493 g/mol. The Bertz CT molecular complexity index is 1240. The van der Waals surface area contributed by atoms with Crippen molar-refractivity contribution < 1.29 is 22.7 Å². The Hall–Kier alpha value is -3.07. The Kier molecular flexibility index (Phi) is 7.40. The number of nitrogens with zero attached hydrogens (tertiary/aromatic N) is 1. The van der Waals surface area contributed by atoms with Gasteiger partial charge in [0.1, 0.15) is 4.90 Å². The van der Waals surface area contributed by atoms with Crippen LogP contribution in [0.2, 0.25) is 10.0 Å². The van der Waals surface area contributed by atoms with E-state index >= 15 is 0 Å². The zero-order chi connectivity index (χ0) is 23.3. The fourth-order valence-electron chi connectivity index (χ4n) is 2.81. The maximum atomic E-state index is 13.4. The van der Waals surface area contributed by atoms with Gasteiger partial charge in [0.15, 0.2) is 6.61 Å². The second-order valence-corrected chi connectivity index (χ2v) is 9.20. The summed E-state index contributed by atoms with van der Waals surface area (Å²) >= 11 is 12.1. The standard InChI is InChI=1S/C22H18Cl2N2O5S/c1-2-12-26(17-8-6-16(23)7-9-17)32(29,30)21-13-15(5-10-18(21)24)22(28)31-14-20(27)19-4-3-11-25-19/h2-11,13,25H,1,12,14H2. The summed E-state index contributed by atoms with van der Waals surface area (Å²) in [6.45, 7) is 3.06. The van der Waals surface area contributed by atoms with Gasteiger partial charge in [-0.2, -0.15) is 0 Å². The predicted octanol–water partition coefficient (Wildman–Crippen LogP) is 4.74. The molecule has 10 heteroatoms. The van der Waals surface area contributed by atoms with Crippen molar-refractivity contribution in [1.82, 2.24) is 4.98 Å². The molecule has 1 heterocycles. The van der Waals surface area contributed by atoms with Crippen molar-refractivity contribution in [3.8, 4) is 0 Å². The number of aromatic amines is 1. The highest BCUT2D eigenvalue weighted by molar-refractivity contribution is 7.93. The van der Waals surface area contributed by atoms with Gasteiger partial charge in [-0.1, -0.05) is 29.3 Å². The monoisotopic (exact) mass is 492 g/mol. The van der Waals surface area contributed by atoms with Crippen molar-refractivity contribution in [2.75, 3.05) is 17.5 Å². The molecule has 7 nitrogen and oxygen atoms in total. The van der Waals surface area contributed by atoms with Crippen LogP contribution in [-0.4, -0.2) is 38.3 Å². The van der Waals surface area contributed by atoms with E-state index < -0.39 is 28.4 Å². The molecule has 0 amide bonds. The van der Waals surface area contributed by atoms with Gasteiger partial charge in [0.25, 0.3) is 10.0 Å². The van der Waals surface area contributed by atoms with Crippen molar-refractivity contribution in [2.24, 2.45) is 0 Å². The number of hydrogen-bond donors (Lipinski definition) is 1. The maximum absolute atomic E-state index is 13.4. The number of hydrogen-bond acceptors (Lipinski definition) is 5. The second kappa shape index (κ2) is 10.0. The summed E-state index contributed by atoms with van der Waals surface area (Å²) in [7, 11) is -4.18. The van der Waals surface area contributed by atoms with Gasteiger partial charge in [-0.15, -0.1) is 6.58 Å². The van der Waals surface area contributed by atoms with Crippen LogP contribution >= 0.6 is 23.2 Å². The lowest BCUT2D eigenvalue weighted by molar-refractivity contribution is 0.0473. The number of carbonyl (C=O) groups excluding carboxylic acids is 2. The molecule has 0 unspecified atom stereocenters. The molecule has 1 aromatic heterocycles. The number of sulfonamides is 1. The minimum Gasteiger partial charge on any atom is -0.454 e. The van der Waals surface area contributed by atoms with Crippen molar-refractivity contribution in [3.63, 3.8) is 0 Å². The van der Waals surface area contributed by atoms with Gasteiger partial charge >= 0.3 is 5.97 Å². The van der Waals surface area contributed by atoms with Crippen molar-refractivity contribution in [1.29, 1.82) is 0 Å². The highest BCUT2D eigenvalue weighted by Crippen LogP contribution is 2.30. The largest absolute Gasteiger partial charge is 0.454 e. The molecule has 0 aliphatic rings. The SMILES string of the molecule is C=CCN(c1ccc(Cl)cc1)S(=O)(=O)c1cc(C(=O)OCC(=O)c2ccc[nH]2)ccc1Cl. The number of ether oxygens (including phenoxy) is 1. The third kappa shape index (κ3) is 5.21. The highest BCUT2D eigenvalue weighted by Gasteiger charge is 2.28. The summed E-state index contributed by atoms with van der Waals surface area (Å²) in [5.41, 5.74) is 0.567. The second-order valence-electron chi connectivity index (χ2n) is 6.53. The Labute approximate surface area is 195 Å². The molecule has 0 aliphatic heterocycles. The Balaban J connectivity index is 1.88. The number of Topliss-reactive ketones (excluding diaryl/α,β-unsaturated/α-hetero) is 1. The number of esters is 1. The molecule has 0 bridgehead atoms. The van der Waals surface area contributed by atoms with E-state index in [1.165, 1.54) is 18.2 Å². The van der Waals surface area contributed by atoms with Crippen LogP contribution in [0.15, 0.2) is 78.3 Å². The summed E-state index contributed by atoms with van der Waals surface area (Å²) in [4.78, 5) is 26.9. The molecule has 2 aromatic carbocycles. The van der Waals surface area contributed by atoms with Gasteiger partial charge in [-0.25, -0.2) is 13.2 Å². The van der Waals surface area contributed by atoms with E-state index in [0.29, 0.717) is 16.4 Å². The van der Waals surface area contributed by atoms with Crippen molar-refractivity contribution in [3.05, 3.63) is 94.8 Å². The summed E-state index contributed by atoms with van der Waals surface area (Å²) in [5, 5.41) is 0.369. The van der Waals surface area contributed by atoms with Crippen LogP contribution in [0.5, 0.6) is 0 Å². The molecule has 166 valence electrons. The summed E-state index contributed by atoms with van der Waals surface area (Å²) in [6, 6.07) is 13.1. The summed E-state index contributed by atoms with van der Waals surface area (Å²) < 4.78 is 32.9. The van der Waals surface area contributed by atoms with Crippen LogP contribution in [-0.2, 0) is 14.8 Å². The van der Waals surface area contributed by atoms with Gasteiger partial charge < -0.3 is 9.72 Å². The first-order chi connectivity index (χ1) is 15.2. The number of nitrogens with one attached hydrogen (secondary N) is 1. The smallest absolute Gasteiger partial charge is 0.338 e. The van der Waals surface area contributed by atoms with E-state index in [1.807, 2.05) is 0 Å². The molecule has 0 fully saturated rings. The van der Waals surface area contributed by atoms with Crippen LogP contribution in [0.4, 0.5) is 5.69 Å². The van der Waals surface area contributed by atoms with Gasteiger partial charge in [-0.05, 0) is 54.6 Å². The quantitative estimate of drug-likeness (QED) is 0.264. The lowest BCUT2D eigenvalue weighted by atomic mass is 10.2. The molecule has 1 N–H and O–H groups in total. The van der Waals surface area contributed by atoms with Gasteiger partial charge in [0.2, 0.25) is 5.78 Å². The zero-order valence-corrected chi connectivity index (χ0v) is 19.0.